The highest BCUT2D eigenvalue weighted by Crippen LogP contribution is 2.20. The average Bonchev–Trinajstić information content (AvgIpc) is 2.24. The Morgan fingerprint density at radius 1 is 1.24 bits per heavy atom. The SMILES string of the molecule is CC(C#N)S(=O)(=O)Nc1cc(F)c(F)cc1F. The first-order valence-corrected chi connectivity index (χ1v) is 5.88. The number of anilines is 1. The van der Waals surface area contributed by atoms with E-state index in [1.54, 1.807) is 4.72 Å². The average molecular weight is 264 g/mol. The molecule has 1 aromatic rings. The van der Waals surface area contributed by atoms with Crippen LogP contribution in [-0.4, -0.2) is 13.7 Å². The van der Waals surface area contributed by atoms with Crippen molar-refractivity contribution in [3.05, 3.63) is 29.6 Å². The first kappa shape index (κ1) is 13.3. The second-order valence-electron chi connectivity index (χ2n) is 3.16. The summed E-state index contributed by atoms with van der Waals surface area (Å²) in [5, 5.41) is 6.97. The lowest BCUT2D eigenvalue weighted by molar-refractivity contribution is 0.496. The van der Waals surface area contributed by atoms with E-state index in [1.807, 2.05) is 0 Å². The summed E-state index contributed by atoms with van der Waals surface area (Å²) in [5.74, 6) is -4.09. The highest BCUT2D eigenvalue weighted by atomic mass is 32.2. The Labute approximate surface area is 95.7 Å². The van der Waals surface area contributed by atoms with Gasteiger partial charge in [-0.05, 0) is 6.92 Å². The van der Waals surface area contributed by atoms with Crippen LogP contribution >= 0.6 is 0 Å². The molecule has 0 bridgehead atoms. The Morgan fingerprint density at radius 3 is 2.29 bits per heavy atom. The van der Waals surface area contributed by atoms with Crippen LogP contribution in [0.2, 0.25) is 0 Å². The van der Waals surface area contributed by atoms with Crippen LogP contribution in [0.25, 0.3) is 0 Å². The number of hydrogen-bond acceptors (Lipinski definition) is 3. The summed E-state index contributed by atoms with van der Waals surface area (Å²) < 4.78 is 62.9. The van der Waals surface area contributed by atoms with Gasteiger partial charge in [0, 0.05) is 12.1 Å². The van der Waals surface area contributed by atoms with E-state index >= 15 is 0 Å². The molecule has 0 heterocycles. The maximum atomic E-state index is 13.1. The molecule has 0 fully saturated rings. The molecule has 1 atom stereocenters. The van der Waals surface area contributed by atoms with Crippen molar-refractivity contribution >= 4 is 15.7 Å². The van der Waals surface area contributed by atoms with Crippen molar-refractivity contribution in [1.29, 1.82) is 5.26 Å². The van der Waals surface area contributed by atoms with E-state index in [-0.39, 0.29) is 6.07 Å². The maximum Gasteiger partial charge on any atom is 0.248 e. The predicted molar refractivity (Wildman–Crippen MR) is 53.9 cm³/mol. The maximum absolute atomic E-state index is 13.1. The van der Waals surface area contributed by atoms with Crippen LogP contribution in [-0.2, 0) is 10.0 Å². The molecule has 0 aromatic heterocycles. The zero-order valence-electron chi connectivity index (χ0n) is 8.54. The summed E-state index contributed by atoms with van der Waals surface area (Å²) in [7, 11) is -4.16. The molecule has 0 aliphatic rings. The Balaban J connectivity index is 3.14. The van der Waals surface area contributed by atoms with Gasteiger partial charge in [-0.1, -0.05) is 0 Å². The normalized spacial score (nSPS) is 12.9. The van der Waals surface area contributed by atoms with Crippen LogP contribution < -0.4 is 4.72 Å². The van der Waals surface area contributed by atoms with Crippen LogP contribution in [0.3, 0.4) is 0 Å². The second-order valence-corrected chi connectivity index (χ2v) is 5.17. The van der Waals surface area contributed by atoms with Gasteiger partial charge in [0.25, 0.3) is 0 Å². The molecule has 0 saturated heterocycles. The summed E-state index contributed by atoms with van der Waals surface area (Å²) in [6.45, 7) is 1.07. The number of sulfonamides is 1. The number of nitriles is 1. The molecular weight excluding hydrogens is 257 g/mol. The third kappa shape index (κ3) is 2.88. The standard InChI is InChI=1S/C9H7F3N2O2S/c1-5(4-13)17(15,16)14-9-3-7(11)6(10)2-8(9)12/h2-3,5,14H,1H3. The van der Waals surface area contributed by atoms with E-state index in [2.05, 4.69) is 0 Å². The molecule has 0 aliphatic heterocycles. The van der Waals surface area contributed by atoms with Gasteiger partial charge in [0.1, 0.15) is 5.82 Å². The molecule has 1 unspecified atom stereocenters. The lowest BCUT2D eigenvalue weighted by Gasteiger charge is -2.10. The second kappa shape index (κ2) is 4.63. The van der Waals surface area contributed by atoms with E-state index in [4.69, 9.17) is 5.26 Å². The van der Waals surface area contributed by atoms with Gasteiger partial charge in [-0.2, -0.15) is 5.26 Å². The van der Waals surface area contributed by atoms with Crippen LogP contribution in [0.15, 0.2) is 12.1 Å². The van der Waals surface area contributed by atoms with E-state index in [0.717, 1.165) is 6.92 Å². The number of hydrogen-bond donors (Lipinski definition) is 1. The molecule has 4 nitrogen and oxygen atoms in total. The largest absolute Gasteiger partial charge is 0.279 e. The molecule has 0 radical (unpaired) electrons. The number of nitrogens with one attached hydrogen (secondary N) is 1. The summed E-state index contributed by atoms with van der Waals surface area (Å²) >= 11 is 0. The minimum atomic E-state index is -4.16. The van der Waals surface area contributed by atoms with E-state index in [0.29, 0.717) is 6.07 Å². The van der Waals surface area contributed by atoms with Crippen LogP contribution in [0.4, 0.5) is 18.9 Å². The molecule has 1 aromatic carbocycles. The van der Waals surface area contributed by atoms with Crippen molar-refractivity contribution < 1.29 is 21.6 Å². The van der Waals surface area contributed by atoms with Crippen molar-refractivity contribution in [2.24, 2.45) is 0 Å². The lowest BCUT2D eigenvalue weighted by Crippen LogP contribution is -2.24. The fourth-order valence-corrected chi connectivity index (χ4v) is 1.69. The molecule has 92 valence electrons. The Hall–Kier alpha value is -1.75. The number of benzene rings is 1. The smallest absolute Gasteiger partial charge is 0.248 e. The minimum absolute atomic E-state index is 0.213. The zero-order chi connectivity index (χ0) is 13.2. The van der Waals surface area contributed by atoms with Gasteiger partial charge in [0.2, 0.25) is 10.0 Å². The van der Waals surface area contributed by atoms with Crippen LogP contribution in [0.5, 0.6) is 0 Å². The summed E-state index contributed by atoms with van der Waals surface area (Å²) in [6, 6.07) is 2.01. The van der Waals surface area contributed by atoms with E-state index in [1.165, 1.54) is 6.07 Å². The molecule has 8 heteroatoms. The van der Waals surface area contributed by atoms with Gasteiger partial charge in [-0.25, -0.2) is 21.6 Å². The molecule has 0 aliphatic carbocycles. The third-order valence-electron chi connectivity index (χ3n) is 1.91. The van der Waals surface area contributed by atoms with Crippen molar-refractivity contribution in [2.75, 3.05) is 4.72 Å². The number of halogens is 3. The first-order chi connectivity index (χ1) is 7.77. The van der Waals surface area contributed by atoms with Crippen molar-refractivity contribution in [3.8, 4) is 6.07 Å². The molecule has 0 spiro atoms. The first-order valence-electron chi connectivity index (χ1n) is 4.33. The lowest BCUT2D eigenvalue weighted by atomic mass is 10.3. The minimum Gasteiger partial charge on any atom is -0.279 e. The topological polar surface area (TPSA) is 70.0 Å². The molecule has 0 amide bonds. The number of nitrogens with zero attached hydrogens (tertiary/aromatic N) is 1. The van der Waals surface area contributed by atoms with Crippen molar-refractivity contribution in [2.45, 2.75) is 12.2 Å². The molecule has 1 rings (SSSR count). The monoisotopic (exact) mass is 264 g/mol. The summed E-state index contributed by atoms with van der Waals surface area (Å²) in [6.07, 6.45) is 0. The predicted octanol–water partition coefficient (Wildman–Crippen LogP) is 1.76. The van der Waals surface area contributed by atoms with Crippen molar-refractivity contribution in [3.63, 3.8) is 0 Å². The number of rotatable bonds is 3. The Morgan fingerprint density at radius 2 is 1.76 bits per heavy atom. The van der Waals surface area contributed by atoms with Gasteiger partial charge in [-0.3, -0.25) is 4.72 Å². The molecule has 1 N–H and O–H groups in total. The quantitative estimate of drug-likeness (QED) is 0.845. The van der Waals surface area contributed by atoms with Gasteiger partial charge in [0.15, 0.2) is 16.9 Å². The molecule has 0 saturated carbocycles. The fourth-order valence-electron chi connectivity index (χ4n) is 0.912. The van der Waals surface area contributed by atoms with Crippen molar-refractivity contribution in [1.82, 2.24) is 0 Å². The van der Waals surface area contributed by atoms with Crippen LogP contribution in [0.1, 0.15) is 6.92 Å². The highest BCUT2D eigenvalue weighted by molar-refractivity contribution is 7.93. The van der Waals surface area contributed by atoms with Gasteiger partial charge in [0.05, 0.1) is 11.8 Å². The van der Waals surface area contributed by atoms with Gasteiger partial charge >= 0.3 is 0 Å². The highest BCUT2D eigenvalue weighted by Gasteiger charge is 2.22. The summed E-state index contributed by atoms with van der Waals surface area (Å²) in [4.78, 5) is 0. The van der Waals surface area contributed by atoms with Gasteiger partial charge in [-0.15, -0.1) is 0 Å². The third-order valence-corrected chi connectivity index (χ3v) is 3.45. The summed E-state index contributed by atoms with van der Waals surface area (Å²) in [5.41, 5.74) is -0.744. The molecule has 17 heavy (non-hydrogen) atoms. The zero-order valence-corrected chi connectivity index (χ0v) is 9.35. The fraction of sp³-hybridized carbons (Fsp3) is 0.222. The Kier molecular flexibility index (Phi) is 3.63. The Bertz CT molecular complexity index is 581. The van der Waals surface area contributed by atoms with Crippen LogP contribution in [0, 0.1) is 28.8 Å². The van der Waals surface area contributed by atoms with E-state index < -0.39 is 38.4 Å². The van der Waals surface area contributed by atoms with E-state index in [9.17, 15) is 21.6 Å². The van der Waals surface area contributed by atoms with Gasteiger partial charge < -0.3 is 0 Å². The molecular formula is C9H7F3N2O2S.